The third-order valence-electron chi connectivity index (χ3n) is 1.72. The van der Waals surface area contributed by atoms with Crippen molar-refractivity contribution in [1.29, 1.82) is 0 Å². The van der Waals surface area contributed by atoms with Crippen LogP contribution >= 0.6 is 0 Å². The maximum Gasteiger partial charge on any atom is 0.119 e. The van der Waals surface area contributed by atoms with Crippen LogP contribution in [-0.2, 0) is 0 Å². The highest BCUT2D eigenvalue weighted by molar-refractivity contribution is 5.35. The molecular weight excluding hydrogens is 214 g/mol. The van der Waals surface area contributed by atoms with Gasteiger partial charge in [-0.2, -0.15) is 15.0 Å². The number of hydrogen-bond donors (Lipinski definition) is 0. The van der Waals surface area contributed by atoms with E-state index in [-0.39, 0.29) is 0 Å². The average Bonchev–Trinajstić information content (AvgIpc) is 2.97. The Hall–Kier alpha value is -1.84. The van der Waals surface area contributed by atoms with Gasteiger partial charge >= 0.3 is 0 Å². The van der Waals surface area contributed by atoms with Crippen molar-refractivity contribution in [2.45, 2.75) is 27.7 Å². The van der Waals surface area contributed by atoms with Crippen molar-refractivity contribution in [3.63, 3.8) is 0 Å². The average molecular weight is 235 g/mol. The summed E-state index contributed by atoms with van der Waals surface area (Å²) in [6.45, 7) is 8.00. The molecular formula is C13H21N3O. The van der Waals surface area contributed by atoms with Crippen LogP contribution in [0.3, 0.4) is 0 Å². The minimum atomic E-state index is 0.830. The fraction of sp³-hybridized carbons (Fsp3) is 0.385. The molecule has 0 saturated heterocycles. The lowest BCUT2D eigenvalue weighted by Gasteiger charge is -2.01. The van der Waals surface area contributed by atoms with Crippen LogP contribution in [-0.4, -0.2) is 22.1 Å². The van der Waals surface area contributed by atoms with Gasteiger partial charge < -0.3 is 4.74 Å². The lowest BCUT2D eigenvalue weighted by molar-refractivity contribution is 0.414. The van der Waals surface area contributed by atoms with E-state index in [0.29, 0.717) is 0 Å². The van der Waals surface area contributed by atoms with Gasteiger partial charge in [0.15, 0.2) is 0 Å². The Bertz CT molecular complexity index is 368. The molecule has 0 atom stereocenters. The van der Waals surface area contributed by atoms with E-state index < -0.39 is 0 Å². The highest BCUT2D eigenvalue weighted by atomic mass is 16.5. The summed E-state index contributed by atoms with van der Waals surface area (Å²) in [5, 5.41) is 8.01. The van der Waals surface area contributed by atoms with Crippen LogP contribution in [0.5, 0.6) is 5.75 Å². The van der Waals surface area contributed by atoms with Gasteiger partial charge in [0.2, 0.25) is 0 Å². The lowest BCUT2D eigenvalue weighted by atomic mass is 10.3. The van der Waals surface area contributed by atoms with Crippen LogP contribution in [0.2, 0.25) is 0 Å². The summed E-state index contributed by atoms with van der Waals surface area (Å²) < 4.78 is 5.04. The first kappa shape index (κ1) is 15.2. The number of hydrogen-bond acceptors (Lipinski definition) is 3. The predicted molar refractivity (Wildman–Crippen MR) is 70.6 cm³/mol. The Balaban J connectivity index is 0.000000581. The maximum atomic E-state index is 5.04. The molecule has 0 saturated carbocycles. The molecule has 0 spiro atoms. The first-order chi connectivity index (χ1) is 8.40. The number of benzene rings is 1. The van der Waals surface area contributed by atoms with Crippen molar-refractivity contribution in [3.8, 4) is 11.4 Å². The van der Waals surface area contributed by atoms with Gasteiger partial charge in [-0.3, -0.25) is 0 Å². The van der Waals surface area contributed by atoms with E-state index in [0.717, 1.165) is 11.4 Å². The molecule has 4 heteroatoms. The Labute approximate surface area is 103 Å². The summed E-state index contributed by atoms with van der Waals surface area (Å²) in [6.07, 6.45) is 3.29. The van der Waals surface area contributed by atoms with Crippen molar-refractivity contribution >= 4 is 0 Å². The second-order valence-electron chi connectivity index (χ2n) is 2.52. The molecule has 0 radical (unpaired) electrons. The molecule has 0 unspecified atom stereocenters. The normalized spacial score (nSPS) is 8.29. The third-order valence-corrected chi connectivity index (χ3v) is 1.72. The van der Waals surface area contributed by atoms with Crippen LogP contribution in [0.4, 0.5) is 0 Å². The summed E-state index contributed by atoms with van der Waals surface area (Å²) in [7, 11) is 1.64. The zero-order chi connectivity index (χ0) is 13.1. The number of rotatable bonds is 2. The zero-order valence-corrected chi connectivity index (χ0v) is 11.2. The molecule has 1 heterocycles. The standard InChI is InChI=1S/C9H9N3O.2C2H6/c1-13-9-4-2-8(3-5-9)12-10-6-7-11-12;2*1-2/h2-7H,1H3;2*1-2H3. The molecule has 4 nitrogen and oxygen atoms in total. The first-order valence-electron chi connectivity index (χ1n) is 5.91. The van der Waals surface area contributed by atoms with Crippen molar-refractivity contribution in [1.82, 2.24) is 15.0 Å². The molecule has 2 aromatic rings. The quantitative estimate of drug-likeness (QED) is 0.801. The molecule has 94 valence electrons. The van der Waals surface area contributed by atoms with Gasteiger partial charge in [-0.15, -0.1) is 0 Å². The summed E-state index contributed by atoms with van der Waals surface area (Å²) in [6, 6.07) is 7.55. The molecule has 0 bridgehead atoms. The fourth-order valence-corrected chi connectivity index (χ4v) is 1.06. The molecule has 0 N–H and O–H groups in total. The zero-order valence-electron chi connectivity index (χ0n) is 11.2. The third kappa shape index (κ3) is 4.68. The summed E-state index contributed by atoms with van der Waals surface area (Å²) in [5.74, 6) is 0.830. The summed E-state index contributed by atoms with van der Waals surface area (Å²) in [4.78, 5) is 1.56. The molecule has 0 aliphatic heterocycles. The fourth-order valence-electron chi connectivity index (χ4n) is 1.06. The van der Waals surface area contributed by atoms with Gasteiger partial charge in [0.1, 0.15) is 5.75 Å². The molecule has 1 aromatic carbocycles. The van der Waals surface area contributed by atoms with E-state index in [4.69, 9.17) is 4.74 Å². The largest absolute Gasteiger partial charge is 0.497 e. The molecule has 0 amide bonds. The first-order valence-corrected chi connectivity index (χ1v) is 5.91. The van der Waals surface area contributed by atoms with Gasteiger partial charge in [-0.1, -0.05) is 27.7 Å². The van der Waals surface area contributed by atoms with Crippen LogP contribution in [0.15, 0.2) is 36.7 Å². The van der Waals surface area contributed by atoms with E-state index in [1.165, 1.54) is 0 Å². The van der Waals surface area contributed by atoms with E-state index >= 15 is 0 Å². The van der Waals surface area contributed by atoms with Crippen molar-refractivity contribution in [2.24, 2.45) is 0 Å². The van der Waals surface area contributed by atoms with E-state index in [9.17, 15) is 0 Å². The highest BCUT2D eigenvalue weighted by Gasteiger charge is 1.96. The molecule has 0 fully saturated rings. The minimum Gasteiger partial charge on any atom is -0.497 e. The van der Waals surface area contributed by atoms with Crippen LogP contribution in [0, 0.1) is 0 Å². The van der Waals surface area contributed by atoms with Crippen molar-refractivity contribution in [3.05, 3.63) is 36.7 Å². The molecule has 1 aromatic heterocycles. The van der Waals surface area contributed by atoms with Crippen molar-refractivity contribution in [2.75, 3.05) is 7.11 Å². The van der Waals surface area contributed by atoms with E-state index in [1.807, 2.05) is 52.0 Å². The minimum absolute atomic E-state index is 0.830. The van der Waals surface area contributed by atoms with Gasteiger partial charge in [0.25, 0.3) is 0 Å². The Morgan fingerprint density at radius 3 is 1.76 bits per heavy atom. The number of aromatic nitrogens is 3. The highest BCUT2D eigenvalue weighted by Crippen LogP contribution is 2.12. The monoisotopic (exact) mass is 235 g/mol. The molecule has 2 rings (SSSR count). The van der Waals surface area contributed by atoms with E-state index in [2.05, 4.69) is 10.2 Å². The lowest BCUT2D eigenvalue weighted by Crippen LogP contribution is -1.97. The topological polar surface area (TPSA) is 39.9 Å². The van der Waals surface area contributed by atoms with Crippen molar-refractivity contribution < 1.29 is 4.74 Å². The number of nitrogens with zero attached hydrogens (tertiary/aromatic N) is 3. The van der Waals surface area contributed by atoms with Gasteiger partial charge in [0, 0.05) is 0 Å². The van der Waals surface area contributed by atoms with Crippen LogP contribution < -0.4 is 4.74 Å². The SMILES string of the molecule is CC.CC.COc1ccc(-n2nccn2)cc1. The summed E-state index contributed by atoms with van der Waals surface area (Å²) in [5.41, 5.74) is 0.922. The Morgan fingerprint density at radius 1 is 0.882 bits per heavy atom. The second-order valence-corrected chi connectivity index (χ2v) is 2.52. The van der Waals surface area contributed by atoms with Gasteiger partial charge in [-0.05, 0) is 24.3 Å². The van der Waals surface area contributed by atoms with Gasteiger partial charge in [-0.25, -0.2) is 0 Å². The van der Waals surface area contributed by atoms with Gasteiger partial charge in [0.05, 0.1) is 25.2 Å². The number of ether oxygens (including phenoxy) is 1. The number of methoxy groups -OCH3 is 1. The smallest absolute Gasteiger partial charge is 0.119 e. The van der Waals surface area contributed by atoms with Crippen LogP contribution in [0.1, 0.15) is 27.7 Å². The molecule has 0 aliphatic carbocycles. The Morgan fingerprint density at radius 2 is 1.35 bits per heavy atom. The van der Waals surface area contributed by atoms with E-state index in [1.54, 1.807) is 24.3 Å². The maximum absolute atomic E-state index is 5.04. The Kier molecular flexibility index (Phi) is 8.37. The predicted octanol–water partition coefficient (Wildman–Crippen LogP) is 3.33. The second kappa shape index (κ2) is 9.39. The van der Waals surface area contributed by atoms with Crippen LogP contribution in [0.25, 0.3) is 5.69 Å². The molecule has 0 aliphatic rings. The summed E-state index contributed by atoms with van der Waals surface area (Å²) >= 11 is 0. The molecule has 17 heavy (non-hydrogen) atoms.